The lowest BCUT2D eigenvalue weighted by molar-refractivity contribution is -0.184. The molecule has 1 unspecified atom stereocenters. The first-order valence-corrected chi connectivity index (χ1v) is 4.89. The van der Waals surface area contributed by atoms with Crippen LogP contribution in [0.25, 0.3) is 0 Å². The van der Waals surface area contributed by atoms with Crippen molar-refractivity contribution in [3.05, 3.63) is 23.5 Å². The molecule has 4 nitrogen and oxygen atoms in total. The van der Waals surface area contributed by atoms with E-state index in [1.807, 2.05) is 0 Å². The van der Waals surface area contributed by atoms with Gasteiger partial charge in [-0.3, -0.25) is 14.9 Å². The van der Waals surface area contributed by atoms with E-state index >= 15 is 0 Å². The van der Waals surface area contributed by atoms with Gasteiger partial charge in [-0.1, -0.05) is 0 Å². The molecule has 1 heterocycles. The summed E-state index contributed by atoms with van der Waals surface area (Å²) >= 11 is 0. The van der Waals surface area contributed by atoms with Gasteiger partial charge in [0.1, 0.15) is 0 Å². The van der Waals surface area contributed by atoms with Crippen molar-refractivity contribution in [3.8, 4) is 0 Å². The van der Waals surface area contributed by atoms with Crippen molar-refractivity contribution in [3.63, 3.8) is 0 Å². The van der Waals surface area contributed by atoms with Gasteiger partial charge in [0.25, 0.3) is 5.91 Å². The zero-order chi connectivity index (χ0) is 13.4. The summed E-state index contributed by atoms with van der Waals surface area (Å²) in [5.41, 5.74) is 5.46. The number of hydrogen-bond donors (Lipinski definition) is 2. The molecular weight excluding hydrogens is 235 g/mol. The molecule has 1 atom stereocenters. The normalized spacial score (nSPS) is 15.5. The highest BCUT2D eigenvalue weighted by molar-refractivity contribution is 5.93. The molecule has 1 rings (SSSR count). The Morgan fingerprint density at radius 1 is 1.29 bits per heavy atom. The molecule has 1 amide bonds. The lowest BCUT2D eigenvalue weighted by Crippen LogP contribution is -2.60. The number of carbonyl (C=O) groups is 1. The van der Waals surface area contributed by atoms with Crippen molar-refractivity contribution in [1.29, 1.82) is 0 Å². The maximum Gasteiger partial charge on any atom is 0.415 e. The van der Waals surface area contributed by atoms with E-state index in [4.69, 9.17) is 5.73 Å². The van der Waals surface area contributed by atoms with Crippen molar-refractivity contribution in [2.75, 3.05) is 5.43 Å². The fourth-order valence-corrected chi connectivity index (χ4v) is 1.19. The number of amides is 1. The van der Waals surface area contributed by atoms with Crippen LogP contribution in [0.3, 0.4) is 0 Å². The van der Waals surface area contributed by atoms with Crippen molar-refractivity contribution in [2.24, 2.45) is 5.73 Å². The van der Waals surface area contributed by atoms with Gasteiger partial charge < -0.3 is 5.73 Å². The molecule has 1 aromatic heterocycles. The van der Waals surface area contributed by atoms with Crippen LogP contribution >= 0.6 is 0 Å². The highest BCUT2D eigenvalue weighted by atomic mass is 19.4. The van der Waals surface area contributed by atoms with E-state index in [9.17, 15) is 18.0 Å². The SMILES string of the molecule is Cc1ccc(C)n1NC(=O)C(C)(N)C(F)(F)F. The van der Waals surface area contributed by atoms with Gasteiger partial charge in [-0.15, -0.1) is 0 Å². The van der Waals surface area contributed by atoms with Crippen LogP contribution in [-0.4, -0.2) is 22.3 Å². The molecule has 0 bridgehead atoms. The van der Waals surface area contributed by atoms with Crippen molar-refractivity contribution in [1.82, 2.24) is 4.68 Å². The summed E-state index contributed by atoms with van der Waals surface area (Å²) in [4.78, 5) is 11.5. The number of rotatable bonds is 2. The second-order valence-corrected chi connectivity index (χ2v) is 4.09. The Morgan fingerprint density at radius 3 is 2.06 bits per heavy atom. The Bertz CT molecular complexity index is 415. The van der Waals surface area contributed by atoms with E-state index in [0.29, 0.717) is 18.3 Å². The van der Waals surface area contributed by atoms with Crippen LogP contribution in [0.1, 0.15) is 18.3 Å². The number of nitrogens with one attached hydrogen (secondary N) is 1. The van der Waals surface area contributed by atoms with E-state index in [-0.39, 0.29) is 0 Å². The van der Waals surface area contributed by atoms with Gasteiger partial charge in [-0.2, -0.15) is 13.2 Å². The summed E-state index contributed by atoms with van der Waals surface area (Å²) in [6.45, 7) is 3.96. The van der Waals surface area contributed by atoms with Gasteiger partial charge in [-0.05, 0) is 32.9 Å². The molecule has 0 aliphatic heterocycles. The van der Waals surface area contributed by atoms with Gasteiger partial charge in [0.05, 0.1) is 0 Å². The standard InChI is InChI=1S/C10H14F3N3O/c1-6-4-5-7(2)16(6)15-8(17)9(3,14)10(11,12)13/h4-5H,14H2,1-3H3,(H,15,17). The third-order valence-electron chi connectivity index (χ3n) is 2.55. The molecule has 0 aliphatic carbocycles. The van der Waals surface area contributed by atoms with E-state index in [1.54, 1.807) is 26.0 Å². The molecule has 96 valence electrons. The molecule has 0 radical (unpaired) electrons. The average molecular weight is 249 g/mol. The van der Waals surface area contributed by atoms with Crippen molar-refractivity contribution >= 4 is 5.91 Å². The molecule has 3 N–H and O–H groups in total. The largest absolute Gasteiger partial charge is 0.415 e. The smallest absolute Gasteiger partial charge is 0.310 e. The second-order valence-electron chi connectivity index (χ2n) is 4.09. The van der Waals surface area contributed by atoms with E-state index in [0.717, 1.165) is 0 Å². The molecule has 0 saturated carbocycles. The van der Waals surface area contributed by atoms with Crippen LogP contribution in [-0.2, 0) is 4.79 Å². The Morgan fingerprint density at radius 2 is 1.71 bits per heavy atom. The van der Waals surface area contributed by atoms with Gasteiger partial charge in [0.15, 0.2) is 5.54 Å². The highest BCUT2D eigenvalue weighted by Gasteiger charge is 2.54. The van der Waals surface area contributed by atoms with Gasteiger partial charge in [0.2, 0.25) is 0 Å². The minimum atomic E-state index is -4.80. The Balaban J connectivity index is 2.95. The summed E-state index contributed by atoms with van der Waals surface area (Å²) in [5, 5.41) is 0. The summed E-state index contributed by atoms with van der Waals surface area (Å²) in [6, 6.07) is 3.36. The number of alkyl halides is 3. The molecule has 0 aromatic carbocycles. The number of carbonyl (C=O) groups excluding carboxylic acids is 1. The fraction of sp³-hybridized carbons (Fsp3) is 0.500. The maximum atomic E-state index is 12.5. The number of aromatic nitrogens is 1. The summed E-state index contributed by atoms with van der Waals surface area (Å²) in [5.74, 6) is -1.30. The predicted octanol–water partition coefficient (Wildman–Crippen LogP) is 1.45. The van der Waals surface area contributed by atoms with Gasteiger partial charge in [-0.25, -0.2) is 0 Å². The zero-order valence-corrected chi connectivity index (χ0v) is 9.72. The Kier molecular flexibility index (Phi) is 3.24. The average Bonchev–Trinajstić information content (AvgIpc) is 2.47. The molecule has 7 heteroatoms. The number of aryl methyl sites for hydroxylation is 2. The predicted molar refractivity (Wildman–Crippen MR) is 56.9 cm³/mol. The first-order chi connectivity index (χ1) is 7.57. The van der Waals surface area contributed by atoms with E-state index < -0.39 is 17.6 Å². The fourth-order valence-electron chi connectivity index (χ4n) is 1.19. The Hall–Kier alpha value is -1.50. The van der Waals surface area contributed by atoms with E-state index in [2.05, 4.69) is 5.43 Å². The maximum absolute atomic E-state index is 12.5. The molecule has 0 fully saturated rings. The first kappa shape index (κ1) is 13.6. The van der Waals surface area contributed by atoms with Crippen LogP contribution in [0.15, 0.2) is 12.1 Å². The minimum absolute atomic E-state index is 0.619. The topological polar surface area (TPSA) is 60.0 Å². The molecule has 17 heavy (non-hydrogen) atoms. The van der Waals surface area contributed by atoms with Crippen LogP contribution in [0.2, 0.25) is 0 Å². The molecule has 1 aromatic rings. The monoisotopic (exact) mass is 249 g/mol. The molecular formula is C10H14F3N3O. The summed E-state index contributed by atoms with van der Waals surface area (Å²) in [6.07, 6.45) is -4.80. The quantitative estimate of drug-likeness (QED) is 0.833. The number of hydrogen-bond acceptors (Lipinski definition) is 2. The molecule has 0 saturated heterocycles. The Labute approximate surface area is 96.6 Å². The number of nitrogens with zero attached hydrogens (tertiary/aromatic N) is 1. The van der Waals surface area contributed by atoms with Crippen LogP contribution in [0.5, 0.6) is 0 Å². The third kappa shape index (κ3) is 2.44. The first-order valence-electron chi connectivity index (χ1n) is 4.89. The van der Waals surface area contributed by atoms with Gasteiger partial charge in [0, 0.05) is 11.4 Å². The van der Waals surface area contributed by atoms with E-state index in [1.165, 1.54) is 4.68 Å². The molecule has 0 aliphatic rings. The van der Waals surface area contributed by atoms with Crippen LogP contribution in [0, 0.1) is 13.8 Å². The van der Waals surface area contributed by atoms with Crippen LogP contribution < -0.4 is 11.2 Å². The van der Waals surface area contributed by atoms with Crippen LogP contribution in [0.4, 0.5) is 13.2 Å². The van der Waals surface area contributed by atoms with Gasteiger partial charge >= 0.3 is 6.18 Å². The van der Waals surface area contributed by atoms with Crippen molar-refractivity contribution < 1.29 is 18.0 Å². The lowest BCUT2D eigenvalue weighted by Gasteiger charge is -2.27. The number of nitrogens with two attached hydrogens (primary N) is 1. The lowest BCUT2D eigenvalue weighted by atomic mass is 10.0. The second kappa shape index (κ2) is 4.06. The minimum Gasteiger partial charge on any atom is -0.310 e. The third-order valence-corrected chi connectivity index (χ3v) is 2.55. The number of halogens is 3. The summed E-state index contributed by atoms with van der Waals surface area (Å²) < 4.78 is 38.8. The highest BCUT2D eigenvalue weighted by Crippen LogP contribution is 2.28. The molecule has 0 spiro atoms. The zero-order valence-electron chi connectivity index (χ0n) is 9.72. The summed E-state index contributed by atoms with van der Waals surface area (Å²) in [7, 11) is 0. The van der Waals surface area contributed by atoms with Crippen molar-refractivity contribution in [2.45, 2.75) is 32.5 Å².